The monoisotopic (exact) mass is 395 g/mol. The van der Waals surface area contributed by atoms with Crippen LogP contribution >= 0.6 is 0 Å². The zero-order chi connectivity index (χ0) is 21.1. The van der Waals surface area contributed by atoms with Crippen LogP contribution in [0.3, 0.4) is 0 Å². The molecule has 0 bridgehead atoms. The largest absolute Gasteiger partial charge is 0.344 e. The number of amides is 1. The highest BCUT2D eigenvalue weighted by Gasteiger charge is 2.21. The van der Waals surface area contributed by atoms with Crippen molar-refractivity contribution in [3.05, 3.63) is 68.3 Å². The Hall–Kier alpha value is -3.29. The Morgan fingerprint density at radius 2 is 1.97 bits per heavy atom. The molecule has 0 aliphatic heterocycles. The second-order valence-electron chi connectivity index (χ2n) is 7.31. The number of aromatic amines is 1. The summed E-state index contributed by atoms with van der Waals surface area (Å²) < 4.78 is 1.42. The number of rotatable bonds is 6. The fourth-order valence-corrected chi connectivity index (χ4v) is 3.18. The van der Waals surface area contributed by atoms with Crippen molar-refractivity contribution in [1.29, 1.82) is 0 Å². The summed E-state index contributed by atoms with van der Waals surface area (Å²) in [5.41, 5.74) is 0.653. The van der Waals surface area contributed by atoms with Crippen LogP contribution < -0.4 is 16.6 Å². The molecule has 152 valence electrons. The smallest absolute Gasteiger partial charge is 0.329 e. The van der Waals surface area contributed by atoms with Crippen LogP contribution in [-0.4, -0.2) is 25.4 Å². The maximum Gasteiger partial charge on any atom is 0.329 e. The molecule has 0 aliphatic rings. The van der Waals surface area contributed by atoms with Crippen LogP contribution in [0.5, 0.6) is 0 Å². The average molecular weight is 395 g/mol. The SMILES string of the molecule is CCCn1c(=O)[nH]c(=O)c2c(C(=O)NC(C)c3ccccn3)cc(C(C)C)nc21. The third kappa shape index (κ3) is 4.11. The summed E-state index contributed by atoms with van der Waals surface area (Å²) in [7, 11) is 0. The van der Waals surface area contributed by atoms with Crippen molar-refractivity contribution >= 4 is 16.9 Å². The van der Waals surface area contributed by atoms with Gasteiger partial charge in [0.05, 0.1) is 22.7 Å². The molecule has 0 radical (unpaired) electrons. The van der Waals surface area contributed by atoms with Crippen LogP contribution in [0, 0.1) is 0 Å². The number of hydrogen-bond donors (Lipinski definition) is 2. The molecule has 0 saturated carbocycles. The van der Waals surface area contributed by atoms with E-state index in [1.807, 2.05) is 39.8 Å². The lowest BCUT2D eigenvalue weighted by Crippen LogP contribution is -2.34. The lowest BCUT2D eigenvalue weighted by Gasteiger charge is -2.17. The van der Waals surface area contributed by atoms with E-state index in [4.69, 9.17) is 0 Å². The van der Waals surface area contributed by atoms with E-state index in [2.05, 4.69) is 20.3 Å². The molecule has 0 aliphatic carbocycles. The molecule has 3 aromatic rings. The predicted octanol–water partition coefficient (Wildman–Crippen LogP) is 2.50. The summed E-state index contributed by atoms with van der Waals surface area (Å²) in [5, 5.41) is 3.01. The van der Waals surface area contributed by atoms with Gasteiger partial charge in [-0.05, 0) is 37.5 Å². The first kappa shape index (κ1) is 20.4. The number of carbonyl (C=O) groups excluding carboxylic acids is 1. The molecule has 8 heteroatoms. The minimum Gasteiger partial charge on any atom is -0.344 e. The van der Waals surface area contributed by atoms with Gasteiger partial charge in [-0.1, -0.05) is 26.8 Å². The molecule has 0 spiro atoms. The van der Waals surface area contributed by atoms with Crippen LogP contribution in [0.4, 0.5) is 0 Å². The van der Waals surface area contributed by atoms with Crippen molar-refractivity contribution in [2.24, 2.45) is 0 Å². The van der Waals surface area contributed by atoms with Crippen LogP contribution in [-0.2, 0) is 6.54 Å². The summed E-state index contributed by atoms with van der Waals surface area (Å²) in [4.78, 5) is 49.2. The maximum absolute atomic E-state index is 13.1. The van der Waals surface area contributed by atoms with Crippen molar-refractivity contribution in [3.8, 4) is 0 Å². The summed E-state index contributed by atoms with van der Waals surface area (Å²) >= 11 is 0. The highest BCUT2D eigenvalue weighted by molar-refractivity contribution is 6.05. The topological polar surface area (TPSA) is 110 Å². The summed E-state index contributed by atoms with van der Waals surface area (Å²) in [5.74, 6) is -0.395. The quantitative estimate of drug-likeness (QED) is 0.666. The Morgan fingerprint density at radius 1 is 1.21 bits per heavy atom. The van der Waals surface area contributed by atoms with Crippen molar-refractivity contribution in [2.75, 3.05) is 0 Å². The zero-order valence-electron chi connectivity index (χ0n) is 17.0. The third-order valence-corrected chi connectivity index (χ3v) is 4.73. The molecule has 0 fully saturated rings. The Bertz CT molecular complexity index is 1150. The molecule has 1 atom stereocenters. The average Bonchev–Trinajstić information content (AvgIpc) is 2.70. The lowest BCUT2D eigenvalue weighted by molar-refractivity contribution is 0.0940. The highest BCUT2D eigenvalue weighted by Crippen LogP contribution is 2.21. The number of nitrogens with zero attached hydrogens (tertiary/aromatic N) is 3. The van der Waals surface area contributed by atoms with Crippen molar-refractivity contribution in [3.63, 3.8) is 0 Å². The van der Waals surface area contributed by atoms with Gasteiger partial charge >= 0.3 is 5.69 Å². The Balaban J connectivity index is 2.18. The van der Waals surface area contributed by atoms with Crippen LogP contribution in [0.1, 0.15) is 67.8 Å². The fraction of sp³-hybridized carbons (Fsp3) is 0.381. The molecule has 8 nitrogen and oxygen atoms in total. The molecule has 2 N–H and O–H groups in total. The van der Waals surface area contributed by atoms with Crippen molar-refractivity contribution < 1.29 is 4.79 Å². The van der Waals surface area contributed by atoms with Gasteiger partial charge in [-0.3, -0.25) is 24.1 Å². The number of nitrogens with one attached hydrogen (secondary N) is 2. The molecular weight excluding hydrogens is 370 g/mol. The molecular formula is C21H25N5O3. The van der Waals surface area contributed by atoms with E-state index in [0.717, 1.165) is 0 Å². The van der Waals surface area contributed by atoms with Gasteiger partial charge in [0.2, 0.25) is 0 Å². The number of fused-ring (bicyclic) bond motifs is 1. The number of carbonyl (C=O) groups is 1. The van der Waals surface area contributed by atoms with Crippen LogP contribution in [0.15, 0.2) is 40.1 Å². The number of pyridine rings is 2. The van der Waals surface area contributed by atoms with E-state index in [0.29, 0.717) is 24.4 Å². The molecule has 1 amide bonds. The summed E-state index contributed by atoms with van der Waals surface area (Å²) in [6.45, 7) is 8.04. The van der Waals surface area contributed by atoms with E-state index in [1.54, 1.807) is 18.3 Å². The van der Waals surface area contributed by atoms with E-state index < -0.39 is 17.2 Å². The van der Waals surface area contributed by atoms with Gasteiger partial charge in [0.15, 0.2) is 5.65 Å². The molecule has 0 aromatic carbocycles. The van der Waals surface area contributed by atoms with Gasteiger partial charge < -0.3 is 5.32 Å². The van der Waals surface area contributed by atoms with Gasteiger partial charge in [-0.2, -0.15) is 0 Å². The Labute approximate surface area is 168 Å². The van der Waals surface area contributed by atoms with Crippen molar-refractivity contribution in [2.45, 2.75) is 52.6 Å². The van der Waals surface area contributed by atoms with Gasteiger partial charge in [-0.15, -0.1) is 0 Å². The third-order valence-electron chi connectivity index (χ3n) is 4.73. The zero-order valence-corrected chi connectivity index (χ0v) is 17.0. The Morgan fingerprint density at radius 3 is 2.59 bits per heavy atom. The molecule has 3 heterocycles. The van der Waals surface area contributed by atoms with Gasteiger partial charge in [0.1, 0.15) is 0 Å². The Kier molecular flexibility index (Phi) is 5.91. The number of hydrogen-bond acceptors (Lipinski definition) is 5. The van der Waals surface area contributed by atoms with Crippen molar-refractivity contribution in [1.82, 2.24) is 24.8 Å². The summed E-state index contributed by atoms with van der Waals surface area (Å²) in [6, 6.07) is 6.74. The first-order valence-electron chi connectivity index (χ1n) is 9.73. The minimum absolute atomic E-state index is 0.0172. The van der Waals surface area contributed by atoms with Gasteiger partial charge in [0, 0.05) is 18.4 Å². The fourth-order valence-electron chi connectivity index (χ4n) is 3.18. The second kappa shape index (κ2) is 8.38. The highest BCUT2D eigenvalue weighted by atomic mass is 16.2. The molecule has 3 rings (SSSR count). The standard InChI is InChI=1S/C21H25N5O3/c1-5-10-26-18-17(20(28)25-21(26)29)14(11-16(24-18)12(2)3)19(27)23-13(4)15-8-6-7-9-22-15/h6-9,11-13H,5,10H2,1-4H3,(H,23,27)(H,25,28,29). The van der Waals surface area contributed by atoms with E-state index in [-0.39, 0.29) is 28.6 Å². The number of aromatic nitrogens is 4. The second-order valence-corrected chi connectivity index (χ2v) is 7.31. The first-order chi connectivity index (χ1) is 13.8. The van der Waals surface area contributed by atoms with Crippen LogP contribution in [0.25, 0.3) is 11.0 Å². The van der Waals surface area contributed by atoms with E-state index >= 15 is 0 Å². The normalized spacial score (nSPS) is 12.3. The number of H-pyrrole nitrogens is 1. The van der Waals surface area contributed by atoms with E-state index in [1.165, 1.54) is 4.57 Å². The molecule has 29 heavy (non-hydrogen) atoms. The molecule has 0 saturated heterocycles. The predicted molar refractivity (Wildman–Crippen MR) is 111 cm³/mol. The van der Waals surface area contributed by atoms with Gasteiger partial charge in [0.25, 0.3) is 11.5 Å². The van der Waals surface area contributed by atoms with E-state index in [9.17, 15) is 14.4 Å². The minimum atomic E-state index is -0.615. The lowest BCUT2D eigenvalue weighted by atomic mass is 10.0. The van der Waals surface area contributed by atoms with Gasteiger partial charge in [-0.25, -0.2) is 9.78 Å². The molecule has 1 unspecified atom stereocenters. The maximum atomic E-state index is 13.1. The summed E-state index contributed by atoms with van der Waals surface area (Å²) in [6.07, 6.45) is 2.34. The number of aryl methyl sites for hydroxylation is 1. The van der Waals surface area contributed by atoms with Crippen LogP contribution in [0.2, 0.25) is 0 Å². The first-order valence-corrected chi connectivity index (χ1v) is 9.73. The molecule has 3 aromatic heterocycles.